The second-order valence-corrected chi connectivity index (χ2v) is 10.5. The van der Waals surface area contributed by atoms with Crippen molar-refractivity contribution in [3.05, 3.63) is 80.9 Å². The summed E-state index contributed by atoms with van der Waals surface area (Å²) in [7, 11) is -3.62. The van der Waals surface area contributed by atoms with E-state index in [2.05, 4.69) is 41.5 Å². The number of benzene rings is 2. The molecule has 0 amide bonds. The molecule has 0 unspecified atom stereocenters. The van der Waals surface area contributed by atoms with Gasteiger partial charge in [0.1, 0.15) is 0 Å². The largest absolute Gasteiger partial charge is 0.218 e. The molecule has 0 spiro atoms. The van der Waals surface area contributed by atoms with Gasteiger partial charge in [-0.05, 0) is 91.5 Å². The van der Waals surface area contributed by atoms with Crippen molar-refractivity contribution >= 4 is 9.84 Å². The monoisotopic (exact) mass is 410 g/mol. The zero-order valence-electron chi connectivity index (χ0n) is 19.1. The normalized spacial score (nSPS) is 11.3. The summed E-state index contributed by atoms with van der Waals surface area (Å²) in [6.07, 6.45) is 1.29. The predicted molar refractivity (Wildman–Crippen MR) is 123 cm³/mol. The van der Waals surface area contributed by atoms with Crippen LogP contribution in [0, 0.1) is 13.8 Å². The summed E-state index contributed by atoms with van der Waals surface area (Å²) < 4.78 is 27.5. The molecular formula is C26H34O2S. The molecule has 29 heavy (non-hydrogen) atoms. The van der Waals surface area contributed by atoms with E-state index >= 15 is 0 Å². The number of aryl methyl sites for hydroxylation is 2. The maximum absolute atomic E-state index is 13.8. The fourth-order valence-corrected chi connectivity index (χ4v) is 4.94. The molecule has 0 heterocycles. The van der Waals surface area contributed by atoms with E-state index in [1.165, 1.54) is 22.3 Å². The number of hydrogen-bond donors (Lipinski definition) is 0. The van der Waals surface area contributed by atoms with E-state index in [4.69, 9.17) is 0 Å². The van der Waals surface area contributed by atoms with Crippen molar-refractivity contribution in [2.24, 2.45) is 0 Å². The molecule has 156 valence electrons. The highest BCUT2D eigenvalue weighted by molar-refractivity contribution is 7.91. The van der Waals surface area contributed by atoms with Gasteiger partial charge in [0.15, 0.2) is 0 Å². The Morgan fingerprint density at radius 2 is 1.00 bits per heavy atom. The van der Waals surface area contributed by atoms with E-state index in [0.717, 1.165) is 22.3 Å². The average molecular weight is 411 g/mol. The molecule has 2 aromatic carbocycles. The van der Waals surface area contributed by atoms with Gasteiger partial charge in [0.2, 0.25) is 9.84 Å². The molecule has 0 radical (unpaired) electrons. The first-order valence-corrected chi connectivity index (χ1v) is 11.6. The first kappa shape index (κ1) is 23.2. The Labute approximate surface area is 177 Å². The highest BCUT2D eigenvalue weighted by Gasteiger charge is 2.24. The average Bonchev–Trinajstić information content (AvgIpc) is 2.61. The fraction of sp³-hybridized carbons (Fsp3) is 0.385. The van der Waals surface area contributed by atoms with E-state index in [9.17, 15) is 8.42 Å². The van der Waals surface area contributed by atoms with Crippen molar-refractivity contribution in [1.29, 1.82) is 0 Å². The zero-order valence-corrected chi connectivity index (χ0v) is 19.9. The zero-order chi connectivity index (χ0) is 21.9. The van der Waals surface area contributed by atoms with Crippen LogP contribution >= 0.6 is 0 Å². The van der Waals surface area contributed by atoms with Crippen LogP contribution in [0.5, 0.6) is 0 Å². The van der Waals surface area contributed by atoms with Crippen molar-refractivity contribution in [3.63, 3.8) is 0 Å². The SMILES string of the molecule is CC(C)=C(C)Cc1cc(C)ccc1S(=O)(=O)c1ccc(C)cc1CC(C)=C(C)C. The van der Waals surface area contributed by atoms with Gasteiger partial charge in [-0.3, -0.25) is 0 Å². The smallest absolute Gasteiger partial charge is 0.207 e. The summed E-state index contributed by atoms with van der Waals surface area (Å²) in [5.74, 6) is 0. The molecule has 0 aliphatic rings. The summed E-state index contributed by atoms with van der Waals surface area (Å²) in [6.45, 7) is 16.4. The predicted octanol–water partition coefficient (Wildman–Crippen LogP) is 6.93. The lowest BCUT2D eigenvalue weighted by Crippen LogP contribution is -2.10. The number of sulfone groups is 1. The first-order valence-electron chi connectivity index (χ1n) is 10.1. The van der Waals surface area contributed by atoms with Crippen LogP contribution in [0.15, 0.2) is 68.5 Å². The summed E-state index contributed by atoms with van der Waals surface area (Å²) in [6, 6.07) is 11.3. The van der Waals surface area contributed by atoms with Crippen molar-refractivity contribution in [2.45, 2.75) is 78.0 Å². The third kappa shape index (κ3) is 5.48. The minimum Gasteiger partial charge on any atom is -0.218 e. The summed E-state index contributed by atoms with van der Waals surface area (Å²) in [5.41, 5.74) is 8.75. The quantitative estimate of drug-likeness (QED) is 0.484. The molecule has 0 saturated carbocycles. The topological polar surface area (TPSA) is 34.1 Å². The minimum absolute atomic E-state index is 0.420. The van der Waals surface area contributed by atoms with Crippen LogP contribution in [-0.4, -0.2) is 8.42 Å². The van der Waals surface area contributed by atoms with Gasteiger partial charge in [-0.25, -0.2) is 8.42 Å². The van der Waals surface area contributed by atoms with Gasteiger partial charge in [0.25, 0.3) is 0 Å². The molecule has 0 fully saturated rings. The molecule has 0 aliphatic heterocycles. The third-order valence-corrected chi connectivity index (χ3v) is 7.58. The molecule has 0 aliphatic carbocycles. The molecule has 3 heteroatoms. The van der Waals surface area contributed by atoms with Crippen molar-refractivity contribution in [1.82, 2.24) is 0 Å². The Morgan fingerprint density at radius 3 is 1.31 bits per heavy atom. The molecular weight excluding hydrogens is 376 g/mol. The van der Waals surface area contributed by atoms with Gasteiger partial charge in [0.05, 0.1) is 9.79 Å². The summed E-state index contributed by atoms with van der Waals surface area (Å²) in [4.78, 5) is 0.840. The van der Waals surface area contributed by atoms with E-state index in [0.29, 0.717) is 22.6 Å². The second kappa shape index (κ2) is 9.13. The van der Waals surface area contributed by atoms with Crippen LogP contribution in [-0.2, 0) is 22.7 Å². The Hall–Kier alpha value is -2.13. The maximum atomic E-state index is 13.8. The molecule has 2 nitrogen and oxygen atoms in total. The minimum atomic E-state index is -3.62. The number of rotatable bonds is 6. The molecule has 0 bridgehead atoms. The van der Waals surface area contributed by atoms with Crippen LogP contribution < -0.4 is 0 Å². The van der Waals surface area contributed by atoms with Gasteiger partial charge in [-0.1, -0.05) is 57.7 Å². The second-order valence-electron chi connectivity index (χ2n) is 8.64. The van der Waals surface area contributed by atoms with Crippen LogP contribution in [0.4, 0.5) is 0 Å². The Balaban J connectivity index is 2.69. The van der Waals surface area contributed by atoms with Crippen LogP contribution in [0.3, 0.4) is 0 Å². The van der Waals surface area contributed by atoms with Crippen LogP contribution in [0.25, 0.3) is 0 Å². The number of allylic oxidation sites excluding steroid dienone is 4. The summed E-state index contributed by atoms with van der Waals surface area (Å²) >= 11 is 0. The Kier molecular flexibility index (Phi) is 7.29. The van der Waals surface area contributed by atoms with Gasteiger partial charge < -0.3 is 0 Å². The highest BCUT2D eigenvalue weighted by Crippen LogP contribution is 2.31. The molecule has 0 atom stereocenters. The Bertz CT molecular complexity index is 994. The van der Waals surface area contributed by atoms with Crippen LogP contribution in [0.2, 0.25) is 0 Å². The molecule has 0 N–H and O–H groups in total. The van der Waals surface area contributed by atoms with Gasteiger partial charge in [0, 0.05) is 0 Å². The Morgan fingerprint density at radius 1 is 0.655 bits per heavy atom. The lowest BCUT2D eigenvalue weighted by Gasteiger charge is -2.16. The number of hydrogen-bond acceptors (Lipinski definition) is 2. The first-order chi connectivity index (χ1) is 13.4. The van der Waals surface area contributed by atoms with Crippen LogP contribution in [0.1, 0.15) is 63.8 Å². The fourth-order valence-electron chi connectivity index (χ4n) is 3.26. The molecule has 2 rings (SSSR count). The van der Waals surface area contributed by atoms with E-state index in [1.807, 2.05) is 38.1 Å². The van der Waals surface area contributed by atoms with Crippen molar-refractivity contribution in [3.8, 4) is 0 Å². The third-order valence-electron chi connectivity index (χ3n) is 5.63. The highest BCUT2D eigenvalue weighted by atomic mass is 32.2. The van der Waals surface area contributed by atoms with E-state index < -0.39 is 9.84 Å². The van der Waals surface area contributed by atoms with Gasteiger partial charge >= 0.3 is 0 Å². The lowest BCUT2D eigenvalue weighted by molar-refractivity contribution is 0.594. The van der Waals surface area contributed by atoms with Gasteiger partial charge in [-0.15, -0.1) is 0 Å². The summed E-state index contributed by atoms with van der Waals surface area (Å²) in [5, 5.41) is 0. The molecule has 0 saturated heterocycles. The van der Waals surface area contributed by atoms with E-state index in [-0.39, 0.29) is 0 Å². The molecule has 0 aromatic heterocycles. The van der Waals surface area contributed by atoms with Gasteiger partial charge in [-0.2, -0.15) is 0 Å². The lowest BCUT2D eigenvalue weighted by atomic mass is 10.0. The standard InChI is InChI=1S/C26H34O2S/c1-17(2)21(7)15-23-13-19(5)9-11-25(23)29(27,28)26-12-10-20(6)14-24(26)16-22(8)18(3)4/h9-14H,15-16H2,1-8H3. The molecule has 2 aromatic rings. The van der Waals surface area contributed by atoms with Crippen molar-refractivity contribution < 1.29 is 8.42 Å². The van der Waals surface area contributed by atoms with Crippen molar-refractivity contribution in [2.75, 3.05) is 0 Å². The maximum Gasteiger partial charge on any atom is 0.207 e. The van der Waals surface area contributed by atoms with E-state index in [1.54, 1.807) is 12.1 Å².